The lowest BCUT2D eigenvalue weighted by Gasteiger charge is -2.11. The fourth-order valence-electron chi connectivity index (χ4n) is 2.00. The molecule has 1 aromatic heterocycles. The number of benzene rings is 1. The summed E-state index contributed by atoms with van der Waals surface area (Å²) in [6, 6.07) is 8.48. The maximum atomic E-state index is 11.7. The quantitative estimate of drug-likeness (QED) is 0.339. The molecule has 0 aliphatic rings. The maximum Gasteiger partial charge on any atom is 0.344 e. The van der Waals surface area contributed by atoms with Crippen molar-refractivity contribution < 1.29 is 19.2 Å². The van der Waals surface area contributed by atoms with Gasteiger partial charge in [-0.2, -0.15) is 0 Å². The van der Waals surface area contributed by atoms with E-state index in [9.17, 15) is 14.9 Å². The Kier molecular flexibility index (Phi) is 6.27. The molecule has 2 aromatic rings. The van der Waals surface area contributed by atoms with E-state index < -0.39 is 10.9 Å². The number of nitro groups is 1. The lowest BCUT2D eigenvalue weighted by Crippen LogP contribution is -2.19. The predicted molar refractivity (Wildman–Crippen MR) is 91.8 cm³/mol. The Balaban J connectivity index is 1.68. The first kappa shape index (κ1) is 18.2. The Morgan fingerprint density at radius 3 is 2.76 bits per heavy atom. The van der Waals surface area contributed by atoms with E-state index in [-0.39, 0.29) is 18.9 Å². The Labute approximate surface area is 144 Å². The van der Waals surface area contributed by atoms with Crippen molar-refractivity contribution in [3.8, 4) is 5.75 Å². The summed E-state index contributed by atoms with van der Waals surface area (Å²) in [4.78, 5) is 25.6. The topological polar surface area (TPSA) is 104 Å². The molecular weight excluding hydrogens is 326 g/mol. The average Bonchev–Trinajstić information content (AvgIpc) is 2.60. The molecule has 0 aliphatic carbocycles. The largest absolute Gasteiger partial charge is 0.482 e. The van der Waals surface area contributed by atoms with Gasteiger partial charge in [0.2, 0.25) is 0 Å². The number of hydrogen-bond donors (Lipinski definition) is 1. The van der Waals surface area contributed by atoms with Crippen molar-refractivity contribution in [2.45, 2.75) is 13.8 Å². The molecule has 25 heavy (non-hydrogen) atoms. The highest BCUT2D eigenvalue weighted by molar-refractivity contribution is 5.71. The van der Waals surface area contributed by atoms with E-state index in [1.54, 1.807) is 6.07 Å². The zero-order chi connectivity index (χ0) is 18.2. The van der Waals surface area contributed by atoms with Crippen LogP contribution in [0.15, 0.2) is 36.5 Å². The number of aromatic nitrogens is 1. The Bertz CT molecular complexity index is 746. The van der Waals surface area contributed by atoms with Crippen LogP contribution in [0.4, 0.5) is 11.5 Å². The molecule has 0 atom stereocenters. The molecule has 132 valence electrons. The van der Waals surface area contributed by atoms with Gasteiger partial charge in [0, 0.05) is 6.07 Å². The molecule has 8 heteroatoms. The number of pyridine rings is 1. The minimum Gasteiger partial charge on any atom is -0.482 e. The highest BCUT2D eigenvalue weighted by atomic mass is 16.6. The van der Waals surface area contributed by atoms with Crippen molar-refractivity contribution in [2.75, 3.05) is 25.1 Å². The van der Waals surface area contributed by atoms with E-state index in [2.05, 4.69) is 10.3 Å². The first-order valence-corrected chi connectivity index (χ1v) is 7.66. The maximum absolute atomic E-state index is 11.7. The molecule has 0 saturated heterocycles. The molecule has 0 unspecified atom stereocenters. The van der Waals surface area contributed by atoms with E-state index in [0.29, 0.717) is 18.1 Å². The number of carbonyl (C=O) groups excluding carboxylic acids is 1. The van der Waals surface area contributed by atoms with Gasteiger partial charge in [-0.05, 0) is 37.1 Å². The highest BCUT2D eigenvalue weighted by Crippen LogP contribution is 2.20. The summed E-state index contributed by atoms with van der Waals surface area (Å²) in [7, 11) is 0. The summed E-state index contributed by atoms with van der Waals surface area (Å²) >= 11 is 0. The van der Waals surface area contributed by atoms with Crippen molar-refractivity contribution in [3.05, 3.63) is 57.8 Å². The number of carbonyl (C=O) groups is 1. The smallest absolute Gasteiger partial charge is 0.344 e. The third-order valence-electron chi connectivity index (χ3n) is 3.53. The summed E-state index contributed by atoms with van der Waals surface area (Å²) < 4.78 is 10.5. The monoisotopic (exact) mass is 345 g/mol. The van der Waals surface area contributed by atoms with Crippen LogP contribution < -0.4 is 10.1 Å². The molecule has 0 bridgehead atoms. The van der Waals surface area contributed by atoms with Crippen molar-refractivity contribution in [3.63, 3.8) is 0 Å². The number of hydrogen-bond acceptors (Lipinski definition) is 7. The molecule has 1 N–H and O–H groups in total. The molecule has 2 rings (SSSR count). The molecular formula is C17H19N3O5. The first-order valence-electron chi connectivity index (χ1n) is 7.66. The lowest BCUT2D eigenvalue weighted by atomic mass is 10.1. The van der Waals surface area contributed by atoms with Gasteiger partial charge in [0.1, 0.15) is 24.4 Å². The van der Waals surface area contributed by atoms with E-state index in [0.717, 1.165) is 17.3 Å². The molecule has 0 radical (unpaired) electrons. The Morgan fingerprint density at radius 2 is 2.08 bits per heavy atom. The normalized spacial score (nSPS) is 10.2. The molecule has 0 aliphatic heterocycles. The van der Waals surface area contributed by atoms with Gasteiger partial charge < -0.3 is 14.8 Å². The van der Waals surface area contributed by atoms with E-state index in [1.807, 2.05) is 26.0 Å². The minimum absolute atomic E-state index is 0.0828. The summed E-state index contributed by atoms with van der Waals surface area (Å²) in [5.74, 6) is 0.651. The van der Waals surface area contributed by atoms with Crippen LogP contribution in [0.3, 0.4) is 0 Å². The van der Waals surface area contributed by atoms with Crippen molar-refractivity contribution in [1.29, 1.82) is 0 Å². The van der Waals surface area contributed by atoms with Crippen LogP contribution in [0.2, 0.25) is 0 Å². The van der Waals surface area contributed by atoms with Gasteiger partial charge in [-0.15, -0.1) is 0 Å². The first-order chi connectivity index (χ1) is 12.0. The summed E-state index contributed by atoms with van der Waals surface area (Å²) in [5, 5.41) is 13.4. The van der Waals surface area contributed by atoms with Crippen molar-refractivity contribution in [2.24, 2.45) is 0 Å². The van der Waals surface area contributed by atoms with Gasteiger partial charge in [-0.3, -0.25) is 10.1 Å². The molecule has 0 spiro atoms. The molecule has 0 saturated carbocycles. The standard InChI is InChI=1S/C17H19N3O5/c1-12-4-3-5-15(13(12)2)25-11-17(21)24-9-8-18-16-7-6-14(10-19-16)20(22)23/h3-7,10H,8-9,11H2,1-2H3,(H,18,19). The van der Waals surface area contributed by atoms with Gasteiger partial charge >= 0.3 is 5.97 Å². The molecule has 8 nitrogen and oxygen atoms in total. The summed E-state index contributed by atoms with van der Waals surface area (Å²) in [6.07, 6.45) is 1.16. The fraction of sp³-hybridized carbons (Fsp3) is 0.294. The summed E-state index contributed by atoms with van der Waals surface area (Å²) in [6.45, 7) is 4.20. The third kappa shape index (κ3) is 5.45. The number of aryl methyl sites for hydroxylation is 1. The van der Waals surface area contributed by atoms with Gasteiger partial charge in [-0.25, -0.2) is 9.78 Å². The van der Waals surface area contributed by atoms with E-state index in [4.69, 9.17) is 9.47 Å². The van der Waals surface area contributed by atoms with E-state index >= 15 is 0 Å². The molecule has 0 amide bonds. The van der Waals surface area contributed by atoms with Crippen molar-refractivity contribution >= 4 is 17.5 Å². The second-order valence-corrected chi connectivity index (χ2v) is 5.29. The number of nitrogens with zero attached hydrogens (tertiary/aromatic N) is 2. The third-order valence-corrected chi connectivity index (χ3v) is 3.53. The van der Waals surface area contributed by atoms with Gasteiger partial charge in [0.15, 0.2) is 6.61 Å². The van der Waals surface area contributed by atoms with Crippen LogP contribution in [0.1, 0.15) is 11.1 Å². The number of anilines is 1. The van der Waals surface area contributed by atoms with Crippen LogP contribution in [0, 0.1) is 24.0 Å². The van der Waals surface area contributed by atoms with Crippen LogP contribution in [0.5, 0.6) is 5.75 Å². The fourth-order valence-corrected chi connectivity index (χ4v) is 2.00. The predicted octanol–water partition coefficient (Wildman–Crippen LogP) is 2.64. The number of esters is 1. The number of rotatable bonds is 8. The van der Waals surface area contributed by atoms with E-state index in [1.165, 1.54) is 12.1 Å². The van der Waals surface area contributed by atoms with Gasteiger partial charge in [-0.1, -0.05) is 12.1 Å². The summed E-state index contributed by atoms with van der Waals surface area (Å²) in [5.41, 5.74) is 1.99. The number of ether oxygens (including phenoxy) is 2. The molecule has 1 aromatic carbocycles. The van der Waals surface area contributed by atoms with Crippen LogP contribution >= 0.6 is 0 Å². The highest BCUT2D eigenvalue weighted by Gasteiger charge is 2.08. The van der Waals surface area contributed by atoms with Gasteiger partial charge in [0.05, 0.1) is 11.5 Å². The SMILES string of the molecule is Cc1cccc(OCC(=O)OCCNc2ccc([N+](=O)[O-])cn2)c1C. The van der Waals surface area contributed by atoms with Crippen LogP contribution in [0.25, 0.3) is 0 Å². The lowest BCUT2D eigenvalue weighted by molar-refractivity contribution is -0.385. The molecule has 0 fully saturated rings. The second kappa shape index (κ2) is 8.62. The van der Waals surface area contributed by atoms with Gasteiger partial charge in [0.25, 0.3) is 5.69 Å². The zero-order valence-corrected chi connectivity index (χ0v) is 14.0. The zero-order valence-electron chi connectivity index (χ0n) is 14.0. The molecule has 1 heterocycles. The van der Waals surface area contributed by atoms with Crippen molar-refractivity contribution in [1.82, 2.24) is 4.98 Å². The average molecular weight is 345 g/mol. The number of nitrogens with one attached hydrogen (secondary N) is 1. The van der Waals surface area contributed by atoms with Crippen LogP contribution in [-0.4, -0.2) is 35.6 Å². The Hall–Kier alpha value is -3.16. The van der Waals surface area contributed by atoms with Crippen LogP contribution in [-0.2, 0) is 9.53 Å². The minimum atomic E-state index is -0.519. The second-order valence-electron chi connectivity index (χ2n) is 5.29. The Morgan fingerprint density at radius 1 is 1.28 bits per heavy atom.